The first-order valence-corrected chi connectivity index (χ1v) is 13.4. The molecule has 2 aliphatic heterocycles. The van der Waals surface area contributed by atoms with E-state index in [9.17, 15) is 4.79 Å². The van der Waals surface area contributed by atoms with E-state index in [1.165, 1.54) is 12.8 Å². The third kappa shape index (κ3) is 4.10. The van der Waals surface area contributed by atoms with E-state index in [-0.39, 0.29) is 11.8 Å². The number of amides is 1. The first-order valence-electron chi connectivity index (χ1n) is 13.4. The SMILES string of the molecule is O=C(C1c2ccccc2Oc2ccccc21)N1CCN(c2ccc(-c3noc(C4CCCC4)n3)cn2)CC1. The Hall–Kier alpha value is -4.20. The summed E-state index contributed by atoms with van der Waals surface area (Å²) in [6.45, 7) is 2.72. The lowest BCUT2D eigenvalue weighted by atomic mass is 9.86. The zero-order valence-corrected chi connectivity index (χ0v) is 21.1. The highest BCUT2D eigenvalue weighted by Crippen LogP contribution is 2.44. The highest BCUT2D eigenvalue weighted by molar-refractivity contribution is 5.90. The Labute approximate surface area is 221 Å². The quantitative estimate of drug-likeness (QED) is 0.367. The molecule has 0 spiro atoms. The van der Waals surface area contributed by atoms with Crippen molar-refractivity contribution in [3.63, 3.8) is 0 Å². The summed E-state index contributed by atoms with van der Waals surface area (Å²) in [4.78, 5) is 27.3. The van der Waals surface area contributed by atoms with Crippen LogP contribution in [-0.4, -0.2) is 52.1 Å². The van der Waals surface area contributed by atoms with E-state index in [0.717, 1.165) is 65.8 Å². The summed E-state index contributed by atoms with van der Waals surface area (Å²) in [5.41, 5.74) is 2.70. The summed E-state index contributed by atoms with van der Waals surface area (Å²) >= 11 is 0. The summed E-state index contributed by atoms with van der Waals surface area (Å²) in [7, 11) is 0. The second-order valence-electron chi connectivity index (χ2n) is 10.3. The number of carbonyl (C=O) groups excluding carboxylic acids is 1. The number of hydrogen-bond donors (Lipinski definition) is 0. The summed E-state index contributed by atoms with van der Waals surface area (Å²) < 4.78 is 11.6. The Kier molecular flexibility index (Phi) is 5.80. The second kappa shape index (κ2) is 9.59. The van der Waals surface area contributed by atoms with Crippen LogP contribution in [-0.2, 0) is 4.79 Å². The zero-order valence-electron chi connectivity index (χ0n) is 21.1. The Morgan fingerprint density at radius 1 is 0.842 bits per heavy atom. The number of aromatic nitrogens is 3. The van der Waals surface area contributed by atoms with E-state index in [1.54, 1.807) is 0 Å². The van der Waals surface area contributed by atoms with Crippen molar-refractivity contribution in [1.29, 1.82) is 0 Å². The molecule has 0 bridgehead atoms. The molecule has 4 aromatic rings. The summed E-state index contributed by atoms with van der Waals surface area (Å²) in [6.07, 6.45) is 6.52. The van der Waals surface area contributed by atoms with Crippen molar-refractivity contribution in [3.8, 4) is 22.9 Å². The van der Waals surface area contributed by atoms with E-state index >= 15 is 0 Å². The van der Waals surface area contributed by atoms with Crippen LogP contribution in [0.3, 0.4) is 0 Å². The molecule has 0 N–H and O–H groups in total. The number of para-hydroxylation sites is 2. The number of anilines is 1. The maximum Gasteiger partial charge on any atom is 0.234 e. The minimum atomic E-state index is -0.357. The van der Waals surface area contributed by atoms with Crippen molar-refractivity contribution in [3.05, 3.63) is 83.9 Å². The molecular formula is C30H29N5O3. The third-order valence-electron chi connectivity index (χ3n) is 7.99. The van der Waals surface area contributed by atoms with Crippen LogP contribution in [0.2, 0.25) is 0 Å². The van der Waals surface area contributed by atoms with Crippen molar-refractivity contribution in [2.24, 2.45) is 0 Å². The third-order valence-corrected chi connectivity index (χ3v) is 7.99. The number of carbonyl (C=O) groups is 1. The van der Waals surface area contributed by atoms with Crippen molar-refractivity contribution in [1.82, 2.24) is 20.0 Å². The highest BCUT2D eigenvalue weighted by atomic mass is 16.5. The van der Waals surface area contributed by atoms with Crippen molar-refractivity contribution >= 4 is 11.7 Å². The molecule has 0 radical (unpaired) electrons. The molecule has 7 rings (SSSR count). The molecule has 8 heteroatoms. The number of pyridine rings is 1. The predicted molar refractivity (Wildman–Crippen MR) is 142 cm³/mol. The lowest BCUT2D eigenvalue weighted by Gasteiger charge is -2.38. The topological polar surface area (TPSA) is 84.6 Å². The monoisotopic (exact) mass is 507 g/mol. The van der Waals surface area contributed by atoms with Crippen molar-refractivity contribution < 1.29 is 14.1 Å². The second-order valence-corrected chi connectivity index (χ2v) is 10.3. The van der Waals surface area contributed by atoms with Crippen LogP contribution in [0.5, 0.6) is 11.5 Å². The largest absolute Gasteiger partial charge is 0.457 e. The molecule has 2 aromatic heterocycles. The number of hydrogen-bond acceptors (Lipinski definition) is 7. The maximum absolute atomic E-state index is 13.8. The van der Waals surface area contributed by atoms with Crippen molar-refractivity contribution in [2.75, 3.05) is 31.1 Å². The molecule has 1 amide bonds. The normalized spacial score (nSPS) is 17.7. The molecule has 1 saturated carbocycles. The number of nitrogens with zero attached hydrogens (tertiary/aromatic N) is 5. The lowest BCUT2D eigenvalue weighted by Crippen LogP contribution is -2.50. The number of piperazine rings is 1. The van der Waals surface area contributed by atoms with Crippen LogP contribution >= 0.6 is 0 Å². The van der Waals surface area contributed by atoms with Gasteiger partial charge in [0.1, 0.15) is 17.3 Å². The van der Waals surface area contributed by atoms with Crippen LogP contribution in [0.1, 0.15) is 54.5 Å². The van der Waals surface area contributed by atoms with Gasteiger partial charge in [0, 0.05) is 55.0 Å². The minimum absolute atomic E-state index is 0.117. The number of rotatable bonds is 4. The summed E-state index contributed by atoms with van der Waals surface area (Å²) in [6, 6.07) is 19.7. The first-order chi connectivity index (χ1) is 18.7. The van der Waals surface area contributed by atoms with Crippen LogP contribution < -0.4 is 9.64 Å². The fraction of sp³-hybridized carbons (Fsp3) is 0.333. The van der Waals surface area contributed by atoms with Crippen LogP contribution in [0.25, 0.3) is 11.4 Å². The molecule has 192 valence electrons. The summed E-state index contributed by atoms with van der Waals surface area (Å²) in [5.74, 6) is 3.90. The summed E-state index contributed by atoms with van der Waals surface area (Å²) in [5, 5.41) is 4.19. The average molecular weight is 508 g/mol. The van der Waals surface area contributed by atoms with Crippen molar-refractivity contribution in [2.45, 2.75) is 37.5 Å². The molecule has 3 aliphatic rings. The molecule has 0 atom stereocenters. The van der Waals surface area contributed by atoms with E-state index in [1.807, 2.05) is 71.8 Å². The minimum Gasteiger partial charge on any atom is -0.457 e. The number of fused-ring (bicyclic) bond motifs is 2. The molecule has 0 unspecified atom stereocenters. The van der Waals surface area contributed by atoms with Gasteiger partial charge in [-0.05, 0) is 37.1 Å². The Balaban J connectivity index is 1.04. The van der Waals surface area contributed by atoms with Gasteiger partial charge in [-0.15, -0.1) is 0 Å². The average Bonchev–Trinajstić information content (AvgIpc) is 3.69. The van der Waals surface area contributed by atoms with Crippen LogP contribution in [0.4, 0.5) is 5.82 Å². The van der Waals surface area contributed by atoms with Gasteiger partial charge >= 0.3 is 0 Å². The van der Waals surface area contributed by atoms with Crippen LogP contribution in [0.15, 0.2) is 71.4 Å². The molecule has 1 aliphatic carbocycles. The van der Waals surface area contributed by atoms with E-state index < -0.39 is 0 Å². The van der Waals surface area contributed by atoms with Gasteiger partial charge in [0.25, 0.3) is 0 Å². The molecule has 4 heterocycles. The maximum atomic E-state index is 13.8. The Morgan fingerprint density at radius 2 is 1.53 bits per heavy atom. The van der Waals surface area contributed by atoms with Gasteiger partial charge < -0.3 is 19.1 Å². The first kappa shape index (κ1) is 23.0. The van der Waals surface area contributed by atoms with Gasteiger partial charge in [-0.3, -0.25) is 4.79 Å². The van der Waals surface area contributed by atoms with Gasteiger partial charge in [-0.25, -0.2) is 4.98 Å². The number of benzene rings is 2. The zero-order chi connectivity index (χ0) is 25.5. The smallest absolute Gasteiger partial charge is 0.234 e. The fourth-order valence-electron chi connectivity index (χ4n) is 5.91. The fourth-order valence-corrected chi connectivity index (χ4v) is 5.91. The van der Waals surface area contributed by atoms with Gasteiger partial charge in [-0.2, -0.15) is 4.98 Å². The molecule has 2 fully saturated rings. The molecule has 38 heavy (non-hydrogen) atoms. The highest BCUT2D eigenvalue weighted by Gasteiger charge is 2.36. The molecule has 1 saturated heterocycles. The van der Waals surface area contributed by atoms with Gasteiger partial charge in [-0.1, -0.05) is 54.4 Å². The van der Waals surface area contributed by atoms with E-state index in [2.05, 4.69) is 20.0 Å². The van der Waals surface area contributed by atoms with E-state index in [4.69, 9.17) is 9.26 Å². The molecule has 2 aromatic carbocycles. The lowest BCUT2D eigenvalue weighted by molar-refractivity contribution is -0.132. The Morgan fingerprint density at radius 3 is 2.18 bits per heavy atom. The molecule has 8 nitrogen and oxygen atoms in total. The Bertz CT molecular complexity index is 1410. The van der Waals surface area contributed by atoms with Gasteiger partial charge in [0.05, 0.1) is 5.92 Å². The molecular weight excluding hydrogens is 478 g/mol. The van der Waals surface area contributed by atoms with Gasteiger partial charge in [0.15, 0.2) is 0 Å². The number of ether oxygens (including phenoxy) is 1. The van der Waals surface area contributed by atoms with Crippen LogP contribution in [0, 0.1) is 0 Å². The van der Waals surface area contributed by atoms with Gasteiger partial charge in [0.2, 0.25) is 17.6 Å². The standard InChI is InChI=1S/C30H29N5O3/c36-30(27-22-9-3-5-11-24(22)37-25-12-6-4-10-23(25)27)35-17-15-34(16-18-35)26-14-13-21(19-31-26)28-32-29(38-33-28)20-7-1-2-8-20/h3-6,9-14,19-20,27H,1-2,7-8,15-18H2. The van der Waals surface area contributed by atoms with E-state index in [0.29, 0.717) is 24.8 Å². The predicted octanol–water partition coefficient (Wildman–Crippen LogP) is 5.38.